The zero-order valence-corrected chi connectivity index (χ0v) is 15.6. The van der Waals surface area contributed by atoms with Gasteiger partial charge in [-0.05, 0) is 56.9 Å². The molecule has 0 spiro atoms. The van der Waals surface area contributed by atoms with Gasteiger partial charge in [-0.25, -0.2) is 4.98 Å². The number of benzene rings is 1. The lowest BCUT2D eigenvalue weighted by atomic mass is 10.1. The molecule has 3 rings (SSSR count). The van der Waals surface area contributed by atoms with Crippen molar-refractivity contribution in [3.63, 3.8) is 0 Å². The van der Waals surface area contributed by atoms with Crippen molar-refractivity contribution < 1.29 is 18.0 Å². The number of nitrogens with zero attached hydrogens (tertiary/aromatic N) is 3. The maximum absolute atomic E-state index is 12.6. The second kappa shape index (κ2) is 7.90. The summed E-state index contributed by atoms with van der Waals surface area (Å²) in [5.74, 6) is 0.277. The van der Waals surface area contributed by atoms with Gasteiger partial charge in [0.1, 0.15) is 5.75 Å². The third-order valence-corrected chi connectivity index (χ3v) is 4.80. The van der Waals surface area contributed by atoms with Crippen molar-refractivity contribution in [1.29, 1.82) is 0 Å². The fourth-order valence-electron chi connectivity index (χ4n) is 2.69. The van der Waals surface area contributed by atoms with Gasteiger partial charge in [0, 0.05) is 16.6 Å². The van der Waals surface area contributed by atoms with Gasteiger partial charge in [-0.1, -0.05) is 5.16 Å². The Bertz CT molecular complexity index is 869. The van der Waals surface area contributed by atoms with E-state index in [4.69, 9.17) is 4.74 Å². The zero-order chi connectivity index (χ0) is 18.7. The Kier molecular flexibility index (Phi) is 5.61. The van der Waals surface area contributed by atoms with Crippen molar-refractivity contribution in [3.8, 4) is 17.1 Å². The fourth-order valence-corrected chi connectivity index (χ4v) is 3.53. The number of aryl methyl sites for hydroxylation is 4. The summed E-state index contributed by atoms with van der Waals surface area (Å²) in [6.07, 6.45) is 0.957. The van der Waals surface area contributed by atoms with E-state index in [9.17, 15) is 8.78 Å². The first-order valence-corrected chi connectivity index (χ1v) is 9.03. The van der Waals surface area contributed by atoms with E-state index in [0.29, 0.717) is 12.2 Å². The molecule has 0 aliphatic carbocycles. The molecular formula is C18H19F2N3O2S. The second-order valence-corrected chi connectivity index (χ2v) is 7.31. The van der Waals surface area contributed by atoms with E-state index in [1.165, 1.54) is 4.88 Å². The Morgan fingerprint density at radius 3 is 2.50 bits per heavy atom. The van der Waals surface area contributed by atoms with E-state index in [0.717, 1.165) is 34.7 Å². The highest BCUT2D eigenvalue weighted by Gasteiger charge is 2.18. The van der Waals surface area contributed by atoms with Crippen LogP contribution in [0.15, 0.2) is 22.9 Å². The maximum Gasteiger partial charge on any atom is 0.315 e. The third-order valence-electron chi connectivity index (χ3n) is 3.83. The van der Waals surface area contributed by atoms with Crippen LogP contribution in [-0.4, -0.2) is 21.7 Å². The van der Waals surface area contributed by atoms with Crippen LogP contribution in [0, 0.1) is 20.8 Å². The molecule has 0 atom stereocenters. The average molecular weight is 379 g/mol. The molecule has 0 unspecified atom stereocenters. The molecule has 0 radical (unpaired) electrons. The Morgan fingerprint density at radius 2 is 1.92 bits per heavy atom. The number of thiazole rings is 1. The van der Waals surface area contributed by atoms with Gasteiger partial charge in [-0.3, -0.25) is 0 Å². The van der Waals surface area contributed by atoms with Gasteiger partial charge in [0.15, 0.2) is 0 Å². The predicted octanol–water partition coefficient (Wildman–Crippen LogP) is 5.07. The Morgan fingerprint density at radius 1 is 1.19 bits per heavy atom. The Labute approximate surface area is 154 Å². The van der Waals surface area contributed by atoms with Crippen LogP contribution < -0.4 is 4.74 Å². The molecule has 1 aromatic carbocycles. The molecule has 0 saturated heterocycles. The summed E-state index contributed by atoms with van der Waals surface area (Å²) in [7, 11) is 0. The summed E-state index contributed by atoms with van der Waals surface area (Å²) in [6, 6.07) is 3.63. The topological polar surface area (TPSA) is 61.0 Å². The number of aromatic nitrogens is 3. The highest BCUT2D eigenvalue weighted by atomic mass is 32.1. The van der Waals surface area contributed by atoms with Gasteiger partial charge in [-0.15, -0.1) is 11.3 Å². The maximum atomic E-state index is 12.6. The van der Waals surface area contributed by atoms with Crippen LogP contribution in [0.25, 0.3) is 11.4 Å². The molecule has 0 amide bonds. The summed E-state index contributed by atoms with van der Waals surface area (Å²) < 4.78 is 35.7. The van der Waals surface area contributed by atoms with Crippen LogP contribution in [0.3, 0.4) is 0 Å². The average Bonchev–Trinajstić information content (AvgIpc) is 3.22. The first-order chi connectivity index (χ1) is 12.4. The minimum absolute atomic E-state index is 0.151. The molecular weight excluding hydrogens is 360 g/mol. The van der Waals surface area contributed by atoms with Crippen molar-refractivity contribution in [2.75, 3.05) is 6.61 Å². The smallest absolute Gasteiger partial charge is 0.315 e. The fraction of sp³-hybridized carbons (Fsp3) is 0.389. The van der Waals surface area contributed by atoms with Gasteiger partial charge in [-0.2, -0.15) is 13.8 Å². The molecule has 2 aromatic heterocycles. The summed E-state index contributed by atoms with van der Waals surface area (Å²) >= 11 is 1.70. The van der Waals surface area contributed by atoms with E-state index in [2.05, 4.69) is 19.6 Å². The van der Waals surface area contributed by atoms with Crippen LogP contribution in [0.5, 0.6) is 5.75 Å². The molecule has 26 heavy (non-hydrogen) atoms. The summed E-state index contributed by atoms with van der Waals surface area (Å²) in [4.78, 5) is 9.23. The standard InChI is InChI=1S/C18H19F2N3O2S/c1-10-7-13(17-22-18(16(19)20)25-23-17)8-11(2)15(10)24-6-4-5-14-9-21-12(3)26-14/h7-9,16H,4-6H2,1-3H3. The quantitative estimate of drug-likeness (QED) is 0.537. The van der Waals surface area contributed by atoms with Crippen molar-refractivity contribution >= 4 is 11.3 Å². The molecule has 5 nitrogen and oxygen atoms in total. The molecule has 0 saturated carbocycles. The third kappa shape index (κ3) is 4.24. The monoisotopic (exact) mass is 379 g/mol. The normalized spacial score (nSPS) is 11.3. The zero-order valence-electron chi connectivity index (χ0n) is 14.8. The van der Waals surface area contributed by atoms with Crippen molar-refractivity contribution in [3.05, 3.63) is 45.2 Å². The minimum Gasteiger partial charge on any atom is -0.493 e. The molecule has 3 aromatic rings. The molecule has 0 fully saturated rings. The van der Waals surface area contributed by atoms with Gasteiger partial charge in [0.2, 0.25) is 5.82 Å². The molecule has 138 valence electrons. The van der Waals surface area contributed by atoms with E-state index < -0.39 is 12.3 Å². The number of rotatable bonds is 7. The number of ether oxygens (including phenoxy) is 1. The highest BCUT2D eigenvalue weighted by molar-refractivity contribution is 7.11. The first kappa shape index (κ1) is 18.4. The van der Waals surface area contributed by atoms with E-state index in [-0.39, 0.29) is 5.82 Å². The lowest BCUT2D eigenvalue weighted by molar-refractivity contribution is 0.106. The molecule has 8 heteroatoms. The SMILES string of the molecule is Cc1ncc(CCCOc2c(C)cc(-c3noc(C(F)F)n3)cc2C)s1. The molecule has 0 aliphatic rings. The van der Waals surface area contributed by atoms with Crippen molar-refractivity contribution in [2.45, 2.75) is 40.0 Å². The van der Waals surface area contributed by atoms with E-state index >= 15 is 0 Å². The molecule has 0 aliphatic heterocycles. The lowest BCUT2D eigenvalue weighted by Gasteiger charge is -2.13. The van der Waals surface area contributed by atoms with Gasteiger partial charge in [0.25, 0.3) is 5.89 Å². The summed E-state index contributed by atoms with van der Waals surface area (Å²) in [6.45, 7) is 6.40. The largest absolute Gasteiger partial charge is 0.493 e. The summed E-state index contributed by atoms with van der Waals surface area (Å²) in [5, 5.41) is 4.69. The van der Waals surface area contributed by atoms with E-state index in [1.807, 2.05) is 39.1 Å². The molecule has 0 bridgehead atoms. The number of hydrogen-bond donors (Lipinski definition) is 0. The van der Waals surface area contributed by atoms with Gasteiger partial charge in [0.05, 0.1) is 11.6 Å². The van der Waals surface area contributed by atoms with Crippen LogP contribution in [0.4, 0.5) is 8.78 Å². The minimum atomic E-state index is -2.77. The number of hydrogen-bond acceptors (Lipinski definition) is 6. The van der Waals surface area contributed by atoms with Crippen molar-refractivity contribution in [2.24, 2.45) is 0 Å². The first-order valence-electron chi connectivity index (χ1n) is 8.21. The summed E-state index contributed by atoms with van der Waals surface area (Å²) in [5.41, 5.74) is 2.43. The lowest BCUT2D eigenvalue weighted by Crippen LogP contribution is -2.02. The Hall–Kier alpha value is -2.35. The number of alkyl halides is 2. The highest BCUT2D eigenvalue weighted by Crippen LogP contribution is 2.30. The van der Waals surface area contributed by atoms with Gasteiger partial charge >= 0.3 is 6.43 Å². The van der Waals surface area contributed by atoms with E-state index in [1.54, 1.807) is 11.3 Å². The predicted molar refractivity (Wildman–Crippen MR) is 94.8 cm³/mol. The second-order valence-electron chi connectivity index (χ2n) is 5.99. The van der Waals surface area contributed by atoms with Crippen LogP contribution in [-0.2, 0) is 6.42 Å². The molecule has 2 heterocycles. The number of halogens is 2. The van der Waals surface area contributed by atoms with Crippen LogP contribution in [0.1, 0.15) is 39.7 Å². The van der Waals surface area contributed by atoms with Gasteiger partial charge < -0.3 is 9.26 Å². The van der Waals surface area contributed by atoms with Crippen LogP contribution in [0.2, 0.25) is 0 Å². The van der Waals surface area contributed by atoms with Crippen molar-refractivity contribution in [1.82, 2.24) is 15.1 Å². The van der Waals surface area contributed by atoms with Crippen LogP contribution >= 0.6 is 11.3 Å². The molecule has 0 N–H and O–H groups in total. The Balaban J connectivity index is 1.65.